The van der Waals surface area contributed by atoms with Gasteiger partial charge in [-0.15, -0.1) is 23.1 Å². The summed E-state index contributed by atoms with van der Waals surface area (Å²) in [6.45, 7) is 3.24. The predicted octanol–water partition coefficient (Wildman–Crippen LogP) is 1.93. The minimum Gasteiger partial charge on any atom is -0.468 e. The van der Waals surface area contributed by atoms with E-state index in [4.69, 9.17) is 0 Å². The molecule has 0 saturated heterocycles. The Balaban J connectivity index is 1.83. The Morgan fingerprint density at radius 1 is 1.58 bits per heavy atom. The lowest BCUT2D eigenvalue weighted by Crippen LogP contribution is -2.37. The molecule has 2 heterocycles. The molecule has 0 bridgehead atoms. The minimum atomic E-state index is -0.296. The van der Waals surface area contributed by atoms with Gasteiger partial charge < -0.3 is 9.64 Å². The van der Waals surface area contributed by atoms with Crippen LogP contribution in [-0.4, -0.2) is 41.4 Å². The highest BCUT2D eigenvalue weighted by atomic mass is 32.2. The summed E-state index contributed by atoms with van der Waals surface area (Å²) < 4.78 is 4.64. The van der Waals surface area contributed by atoms with Crippen LogP contribution in [0.2, 0.25) is 0 Å². The molecular weight excluding hydrogens is 282 g/mol. The highest BCUT2D eigenvalue weighted by Crippen LogP contribution is 2.24. The fourth-order valence-corrected chi connectivity index (χ4v) is 3.68. The van der Waals surface area contributed by atoms with Gasteiger partial charge in [-0.05, 0) is 30.4 Å². The Morgan fingerprint density at radius 2 is 2.37 bits per heavy atom. The lowest BCUT2D eigenvalue weighted by Gasteiger charge is -2.27. The van der Waals surface area contributed by atoms with Gasteiger partial charge in [0.05, 0.1) is 12.9 Å². The molecule has 1 unspecified atom stereocenters. The summed E-state index contributed by atoms with van der Waals surface area (Å²) >= 11 is 3.09. The molecule has 0 aliphatic carbocycles. The lowest BCUT2D eigenvalue weighted by atomic mass is 10.1. The second kappa shape index (κ2) is 6.43. The molecule has 0 spiro atoms. The van der Waals surface area contributed by atoms with Crippen LogP contribution in [0, 0.1) is 0 Å². The van der Waals surface area contributed by atoms with E-state index in [1.807, 2.05) is 4.90 Å². The van der Waals surface area contributed by atoms with Crippen molar-refractivity contribution in [1.82, 2.24) is 4.90 Å². The van der Waals surface area contributed by atoms with Crippen molar-refractivity contribution in [3.05, 3.63) is 21.9 Å². The standard InChI is InChI=1S/C13H17NO3S2/c1-9(13(16)17-2)19-8-12(15)14-5-3-11-10(7-14)4-6-18-11/h4,6,9H,3,5,7-8H2,1-2H3. The third-order valence-electron chi connectivity index (χ3n) is 3.15. The van der Waals surface area contributed by atoms with Crippen molar-refractivity contribution in [1.29, 1.82) is 0 Å². The Labute approximate surface area is 121 Å². The third-order valence-corrected chi connectivity index (χ3v) is 5.28. The minimum absolute atomic E-state index is 0.0950. The molecular formula is C13H17NO3S2. The molecule has 0 fully saturated rings. The van der Waals surface area contributed by atoms with Gasteiger partial charge >= 0.3 is 5.97 Å². The fourth-order valence-electron chi connectivity index (χ4n) is 1.98. The summed E-state index contributed by atoms with van der Waals surface area (Å²) in [6, 6.07) is 2.09. The fraction of sp³-hybridized carbons (Fsp3) is 0.538. The molecule has 0 aromatic carbocycles. The van der Waals surface area contributed by atoms with Crippen molar-refractivity contribution in [2.45, 2.75) is 25.1 Å². The van der Waals surface area contributed by atoms with Crippen LogP contribution in [0.4, 0.5) is 0 Å². The molecule has 6 heteroatoms. The van der Waals surface area contributed by atoms with Gasteiger partial charge in [0.25, 0.3) is 0 Å². The van der Waals surface area contributed by atoms with Gasteiger partial charge in [-0.3, -0.25) is 9.59 Å². The van der Waals surface area contributed by atoms with Crippen LogP contribution in [0.1, 0.15) is 17.4 Å². The number of fused-ring (bicyclic) bond motifs is 1. The molecule has 0 saturated carbocycles. The Bertz CT molecular complexity index is 472. The smallest absolute Gasteiger partial charge is 0.318 e. The van der Waals surface area contributed by atoms with E-state index in [1.54, 1.807) is 18.3 Å². The number of methoxy groups -OCH3 is 1. The zero-order valence-electron chi connectivity index (χ0n) is 11.0. The first kappa shape index (κ1) is 14.4. The highest BCUT2D eigenvalue weighted by Gasteiger charge is 2.23. The summed E-state index contributed by atoms with van der Waals surface area (Å²) in [5, 5.41) is 1.78. The average molecular weight is 299 g/mol. The van der Waals surface area contributed by atoms with Gasteiger partial charge in [-0.25, -0.2) is 0 Å². The van der Waals surface area contributed by atoms with Crippen molar-refractivity contribution in [2.75, 3.05) is 19.4 Å². The van der Waals surface area contributed by atoms with Gasteiger partial charge in [-0.2, -0.15) is 0 Å². The monoisotopic (exact) mass is 299 g/mol. The first-order chi connectivity index (χ1) is 9.11. The second-order valence-electron chi connectivity index (χ2n) is 4.41. The molecule has 1 atom stereocenters. The zero-order valence-corrected chi connectivity index (χ0v) is 12.7. The van der Waals surface area contributed by atoms with Crippen molar-refractivity contribution in [3.8, 4) is 0 Å². The first-order valence-electron chi connectivity index (χ1n) is 6.14. The molecule has 1 amide bonds. The summed E-state index contributed by atoms with van der Waals surface area (Å²) in [5.41, 5.74) is 1.26. The number of carbonyl (C=O) groups is 2. The molecule has 19 heavy (non-hydrogen) atoms. The largest absolute Gasteiger partial charge is 0.468 e. The summed E-state index contributed by atoms with van der Waals surface area (Å²) in [5.74, 6) is 0.143. The van der Waals surface area contributed by atoms with E-state index >= 15 is 0 Å². The Morgan fingerprint density at radius 3 is 3.11 bits per heavy atom. The Kier molecular flexibility index (Phi) is 4.87. The number of esters is 1. The van der Waals surface area contributed by atoms with Crippen LogP contribution in [0.25, 0.3) is 0 Å². The van der Waals surface area contributed by atoms with Gasteiger partial charge in [0, 0.05) is 18.0 Å². The number of nitrogens with zero attached hydrogens (tertiary/aromatic N) is 1. The van der Waals surface area contributed by atoms with E-state index in [9.17, 15) is 9.59 Å². The molecule has 104 valence electrons. The molecule has 1 aromatic heterocycles. The number of rotatable bonds is 4. The number of thioether (sulfide) groups is 1. The first-order valence-corrected chi connectivity index (χ1v) is 8.07. The maximum atomic E-state index is 12.1. The average Bonchev–Trinajstić information content (AvgIpc) is 2.90. The third kappa shape index (κ3) is 3.51. The predicted molar refractivity (Wildman–Crippen MR) is 77.4 cm³/mol. The summed E-state index contributed by atoms with van der Waals surface area (Å²) in [7, 11) is 1.37. The lowest BCUT2D eigenvalue weighted by molar-refractivity contribution is -0.139. The quantitative estimate of drug-likeness (QED) is 0.797. The van der Waals surface area contributed by atoms with Crippen molar-refractivity contribution >= 4 is 35.0 Å². The second-order valence-corrected chi connectivity index (χ2v) is 6.74. The molecule has 2 rings (SSSR count). The van der Waals surface area contributed by atoms with E-state index in [0.717, 1.165) is 13.0 Å². The van der Waals surface area contributed by atoms with E-state index in [-0.39, 0.29) is 17.1 Å². The van der Waals surface area contributed by atoms with Crippen molar-refractivity contribution in [2.24, 2.45) is 0 Å². The molecule has 1 aliphatic heterocycles. The van der Waals surface area contributed by atoms with Crippen molar-refractivity contribution < 1.29 is 14.3 Å². The number of thiophene rings is 1. The zero-order chi connectivity index (χ0) is 13.8. The summed E-state index contributed by atoms with van der Waals surface area (Å²) in [6.07, 6.45) is 0.940. The topological polar surface area (TPSA) is 46.6 Å². The SMILES string of the molecule is COC(=O)C(C)SCC(=O)N1CCc2sccc2C1. The maximum Gasteiger partial charge on any atom is 0.318 e. The van der Waals surface area contributed by atoms with Crippen molar-refractivity contribution in [3.63, 3.8) is 0 Å². The number of ether oxygens (including phenoxy) is 1. The van der Waals surface area contributed by atoms with E-state index < -0.39 is 0 Å². The van der Waals surface area contributed by atoms with E-state index in [2.05, 4.69) is 16.2 Å². The van der Waals surface area contributed by atoms with E-state index in [1.165, 1.54) is 29.3 Å². The molecule has 0 radical (unpaired) electrons. The van der Waals surface area contributed by atoms with Crippen LogP contribution >= 0.6 is 23.1 Å². The number of carbonyl (C=O) groups excluding carboxylic acids is 2. The maximum absolute atomic E-state index is 12.1. The molecule has 1 aliphatic rings. The number of hydrogen-bond acceptors (Lipinski definition) is 5. The number of hydrogen-bond donors (Lipinski definition) is 0. The highest BCUT2D eigenvalue weighted by molar-refractivity contribution is 8.01. The van der Waals surface area contributed by atoms with Crippen LogP contribution in [0.3, 0.4) is 0 Å². The van der Waals surface area contributed by atoms with Crippen LogP contribution in [0.5, 0.6) is 0 Å². The van der Waals surface area contributed by atoms with Gasteiger partial charge in [-0.1, -0.05) is 0 Å². The Hall–Kier alpha value is -1.01. The molecule has 0 N–H and O–H groups in total. The van der Waals surface area contributed by atoms with Gasteiger partial charge in [0.15, 0.2) is 0 Å². The van der Waals surface area contributed by atoms with E-state index in [0.29, 0.717) is 12.3 Å². The van der Waals surface area contributed by atoms with Gasteiger partial charge in [0.1, 0.15) is 5.25 Å². The van der Waals surface area contributed by atoms with Gasteiger partial charge in [0.2, 0.25) is 5.91 Å². The molecule has 1 aromatic rings. The van der Waals surface area contributed by atoms with Crippen LogP contribution in [0.15, 0.2) is 11.4 Å². The normalized spacial score (nSPS) is 15.8. The summed E-state index contributed by atoms with van der Waals surface area (Å²) in [4.78, 5) is 26.6. The van der Waals surface area contributed by atoms with Crippen LogP contribution < -0.4 is 0 Å². The van der Waals surface area contributed by atoms with Crippen LogP contribution in [-0.2, 0) is 27.3 Å². The number of amides is 1. The molecule has 4 nitrogen and oxygen atoms in total.